The topological polar surface area (TPSA) is 93.4 Å². The maximum absolute atomic E-state index is 11.6. The number of carbonyl (C=O) groups is 2. The molecule has 0 aliphatic heterocycles. The van der Waals surface area contributed by atoms with E-state index >= 15 is 0 Å². The summed E-state index contributed by atoms with van der Waals surface area (Å²) in [5.41, 5.74) is 6.33. The van der Waals surface area contributed by atoms with Gasteiger partial charge in [-0.15, -0.1) is 0 Å². The van der Waals surface area contributed by atoms with Crippen LogP contribution in [0.2, 0.25) is 5.02 Å². The highest BCUT2D eigenvalue weighted by molar-refractivity contribution is 6.31. The first-order valence-electron chi connectivity index (χ1n) is 5.56. The number of carbonyl (C=O) groups excluding carboxylic acids is 2. The zero-order chi connectivity index (χ0) is 14.6. The van der Waals surface area contributed by atoms with Gasteiger partial charge in [-0.3, -0.25) is 10.1 Å². The third-order valence-electron chi connectivity index (χ3n) is 2.49. The number of methoxy groups -OCH3 is 1. The van der Waals surface area contributed by atoms with Crippen molar-refractivity contribution in [2.45, 2.75) is 19.9 Å². The van der Waals surface area contributed by atoms with Crippen LogP contribution < -0.4 is 21.1 Å². The summed E-state index contributed by atoms with van der Waals surface area (Å²) < 4.78 is 5.17. The van der Waals surface area contributed by atoms with Crippen molar-refractivity contribution in [3.63, 3.8) is 0 Å². The number of aryl methyl sites for hydroxylation is 1. The van der Waals surface area contributed by atoms with Gasteiger partial charge in [0, 0.05) is 11.1 Å². The maximum atomic E-state index is 11.6. The smallest absolute Gasteiger partial charge is 0.318 e. The molecule has 0 radical (unpaired) electrons. The summed E-state index contributed by atoms with van der Waals surface area (Å²) in [5, 5.41) is 5.49. The summed E-state index contributed by atoms with van der Waals surface area (Å²) in [6, 6.07) is 1.87. The van der Waals surface area contributed by atoms with E-state index in [1.165, 1.54) is 7.11 Å². The van der Waals surface area contributed by atoms with Crippen LogP contribution >= 0.6 is 11.6 Å². The van der Waals surface area contributed by atoms with Gasteiger partial charge in [-0.2, -0.15) is 0 Å². The highest BCUT2D eigenvalue weighted by Crippen LogP contribution is 2.31. The molecule has 0 heterocycles. The molecular formula is C12H16ClN3O3. The van der Waals surface area contributed by atoms with Crippen LogP contribution in [-0.4, -0.2) is 25.1 Å². The molecule has 1 aromatic rings. The second kappa shape index (κ2) is 6.29. The van der Waals surface area contributed by atoms with Crippen molar-refractivity contribution < 1.29 is 14.3 Å². The van der Waals surface area contributed by atoms with Gasteiger partial charge in [-0.25, -0.2) is 4.79 Å². The number of amides is 3. The standard InChI is InChI=1S/C12H16ClN3O3/c1-6-4-9(10(19-3)5-8(6)13)15-7(2)11(17)16-12(14)18/h4-5,7,15H,1-3H3,(H3,14,16,17,18)/t7-/m0/s1. The number of halogens is 1. The van der Waals surface area contributed by atoms with Crippen LogP contribution in [0, 0.1) is 6.92 Å². The molecular weight excluding hydrogens is 270 g/mol. The lowest BCUT2D eigenvalue weighted by Crippen LogP contribution is -2.43. The Kier molecular flexibility index (Phi) is 5.00. The molecule has 3 amide bonds. The minimum atomic E-state index is -0.891. The third kappa shape index (κ3) is 4.03. The van der Waals surface area contributed by atoms with E-state index in [0.29, 0.717) is 16.5 Å². The summed E-state index contributed by atoms with van der Waals surface area (Å²) in [4.78, 5) is 22.2. The van der Waals surface area contributed by atoms with Gasteiger partial charge in [0.15, 0.2) is 0 Å². The SMILES string of the molecule is COc1cc(Cl)c(C)cc1N[C@@H](C)C(=O)NC(N)=O. The average Bonchev–Trinajstić information content (AvgIpc) is 2.32. The molecule has 0 fully saturated rings. The fourth-order valence-electron chi connectivity index (χ4n) is 1.47. The van der Waals surface area contributed by atoms with Crippen LogP contribution in [0.25, 0.3) is 0 Å². The van der Waals surface area contributed by atoms with Gasteiger partial charge >= 0.3 is 6.03 Å². The van der Waals surface area contributed by atoms with Crippen LogP contribution in [-0.2, 0) is 4.79 Å². The maximum Gasteiger partial charge on any atom is 0.318 e. The van der Waals surface area contributed by atoms with Crippen LogP contribution in [0.15, 0.2) is 12.1 Å². The van der Waals surface area contributed by atoms with E-state index in [4.69, 9.17) is 22.1 Å². The van der Waals surface area contributed by atoms with Crippen LogP contribution in [0.3, 0.4) is 0 Å². The summed E-state index contributed by atoms with van der Waals surface area (Å²) in [5.74, 6) is -0.0171. The van der Waals surface area contributed by atoms with E-state index in [0.717, 1.165) is 5.56 Å². The number of benzene rings is 1. The fraction of sp³-hybridized carbons (Fsp3) is 0.333. The summed E-state index contributed by atoms with van der Waals surface area (Å²) in [6.07, 6.45) is 0. The lowest BCUT2D eigenvalue weighted by atomic mass is 10.2. The molecule has 7 heteroatoms. The van der Waals surface area contributed by atoms with Gasteiger partial charge in [-0.1, -0.05) is 11.6 Å². The number of imide groups is 1. The molecule has 1 rings (SSSR count). The van der Waals surface area contributed by atoms with E-state index < -0.39 is 18.0 Å². The molecule has 6 nitrogen and oxygen atoms in total. The second-order valence-corrected chi connectivity index (χ2v) is 4.43. The quantitative estimate of drug-likeness (QED) is 0.784. The predicted molar refractivity (Wildman–Crippen MR) is 73.6 cm³/mol. The van der Waals surface area contributed by atoms with E-state index in [-0.39, 0.29) is 0 Å². The summed E-state index contributed by atoms with van der Waals surface area (Å²) in [7, 11) is 1.50. The highest BCUT2D eigenvalue weighted by atomic mass is 35.5. The summed E-state index contributed by atoms with van der Waals surface area (Å²) in [6.45, 7) is 3.43. The first kappa shape index (κ1) is 15.1. The van der Waals surface area contributed by atoms with Crippen molar-refractivity contribution in [1.82, 2.24) is 5.32 Å². The van der Waals surface area contributed by atoms with Gasteiger partial charge in [0.25, 0.3) is 0 Å². The predicted octanol–water partition coefficient (Wildman–Crippen LogP) is 1.65. The zero-order valence-electron chi connectivity index (χ0n) is 10.9. The van der Waals surface area contributed by atoms with Gasteiger partial charge in [0.1, 0.15) is 11.8 Å². The molecule has 104 valence electrons. The molecule has 19 heavy (non-hydrogen) atoms. The Morgan fingerprint density at radius 3 is 2.58 bits per heavy atom. The Morgan fingerprint density at radius 2 is 2.05 bits per heavy atom. The molecule has 0 saturated carbocycles. The van der Waals surface area contributed by atoms with E-state index in [1.807, 2.05) is 12.2 Å². The second-order valence-electron chi connectivity index (χ2n) is 4.02. The first-order chi connectivity index (χ1) is 8.85. The van der Waals surface area contributed by atoms with Crippen LogP contribution in [0.5, 0.6) is 5.75 Å². The van der Waals surface area contributed by atoms with Gasteiger partial charge in [0.2, 0.25) is 5.91 Å². The normalized spacial score (nSPS) is 11.6. The first-order valence-corrected chi connectivity index (χ1v) is 5.94. The van der Waals surface area contributed by atoms with Gasteiger partial charge in [-0.05, 0) is 25.5 Å². The number of nitrogens with one attached hydrogen (secondary N) is 2. The number of nitrogens with two attached hydrogens (primary N) is 1. The molecule has 0 aromatic heterocycles. The van der Waals surface area contributed by atoms with Crippen LogP contribution in [0.4, 0.5) is 10.5 Å². The molecule has 1 atom stereocenters. The van der Waals surface area contributed by atoms with E-state index in [1.54, 1.807) is 19.1 Å². The molecule has 0 bridgehead atoms. The monoisotopic (exact) mass is 285 g/mol. The minimum absolute atomic E-state index is 0.509. The number of hydrogen-bond acceptors (Lipinski definition) is 4. The van der Waals surface area contributed by atoms with Crippen molar-refractivity contribution in [3.8, 4) is 5.75 Å². The van der Waals surface area contributed by atoms with E-state index in [2.05, 4.69) is 5.32 Å². The number of primary amides is 1. The minimum Gasteiger partial charge on any atom is -0.495 e. The summed E-state index contributed by atoms with van der Waals surface area (Å²) >= 11 is 5.98. The van der Waals surface area contributed by atoms with Crippen molar-refractivity contribution in [2.24, 2.45) is 5.73 Å². The fourth-order valence-corrected chi connectivity index (χ4v) is 1.63. The molecule has 4 N–H and O–H groups in total. The lowest BCUT2D eigenvalue weighted by molar-refractivity contribution is -0.120. The van der Waals surface area contributed by atoms with Gasteiger partial charge in [0.05, 0.1) is 12.8 Å². The zero-order valence-corrected chi connectivity index (χ0v) is 11.7. The number of anilines is 1. The highest BCUT2D eigenvalue weighted by Gasteiger charge is 2.16. The third-order valence-corrected chi connectivity index (χ3v) is 2.90. The Hall–Kier alpha value is -1.95. The Labute approximate surface area is 116 Å². The van der Waals surface area contributed by atoms with Crippen molar-refractivity contribution in [3.05, 3.63) is 22.7 Å². The number of rotatable bonds is 4. The van der Waals surface area contributed by atoms with E-state index in [9.17, 15) is 9.59 Å². The number of urea groups is 1. The van der Waals surface area contributed by atoms with Crippen molar-refractivity contribution in [1.29, 1.82) is 0 Å². The van der Waals surface area contributed by atoms with Crippen molar-refractivity contribution >= 4 is 29.2 Å². The number of hydrogen-bond donors (Lipinski definition) is 3. The lowest BCUT2D eigenvalue weighted by Gasteiger charge is -2.17. The average molecular weight is 286 g/mol. The molecule has 1 aromatic carbocycles. The largest absolute Gasteiger partial charge is 0.495 e. The Bertz CT molecular complexity index is 505. The molecule has 0 saturated heterocycles. The Balaban J connectivity index is 2.89. The Morgan fingerprint density at radius 1 is 1.42 bits per heavy atom. The van der Waals surface area contributed by atoms with Crippen molar-refractivity contribution in [2.75, 3.05) is 12.4 Å². The van der Waals surface area contributed by atoms with Crippen LogP contribution in [0.1, 0.15) is 12.5 Å². The molecule has 0 aliphatic rings. The molecule has 0 unspecified atom stereocenters. The number of ether oxygens (including phenoxy) is 1. The van der Waals surface area contributed by atoms with Gasteiger partial charge < -0.3 is 15.8 Å². The molecule has 0 aliphatic carbocycles. The molecule has 0 spiro atoms.